The third kappa shape index (κ3) is 3.50. The lowest BCUT2D eigenvalue weighted by Gasteiger charge is -2.15. The van der Waals surface area contributed by atoms with Crippen LogP contribution in [0.25, 0.3) is 0 Å². The molecule has 0 aliphatic carbocycles. The van der Waals surface area contributed by atoms with E-state index in [4.69, 9.17) is 22.1 Å². The van der Waals surface area contributed by atoms with E-state index in [1.807, 2.05) is 24.3 Å². The fraction of sp³-hybridized carbons (Fsp3) is 0.250. The second-order valence-electron chi connectivity index (χ2n) is 4.56. The van der Waals surface area contributed by atoms with Gasteiger partial charge in [0.2, 0.25) is 0 Å². The SMILES string of the molecule is CCCOc1ccc(C(N)c2ccc(F)cc2Cl)cc1. The molecule has 106 valence electrons. The fourth-order valence-electron chi connectivity index (χ4n) is 1.92. The first-order chi connectivity index (χ1) is 9.61. The molecule has 20 heavy (non-hydrogen) atoms. The molecule has 0 saturated heterocycles. The van der Waals surface area contributed by atoms with Crippen LogP contribution in [0.1, 0.15) is 30.5 Å². The molecule has 0 aliphatic rings. The van der Waals surface area contributed by atoms with Crippen molar-refractivity contribution in [3.05, 3.63) is 64.4 Å². The van der Waals surface area contributed by atoms with Crippen molar-refractivity contribution in [2.75, 3.05) is 6.61 Å². The molecule has 1 unspecified atom stereocenters. The van der Waals surface area contributed by atoms with Gasteiger partial charge in [-0.25, -0.2) is 4.39 Å². The topological polar surface area (TPSA) is 35.2 Å². The average Bonchev–Trinajstić information content (AvgIpc) is 2.45. The maximum absolute atomic E-state index is 13.0. The standard InChI is InChI=1S/C16H17ClFNO/c1-2-9-20-13-6-3-11(4-7-13)16(19)14-8-5-12(18)10-15(14)17/h3-8,10,16H,2,9,19H2,1H3. The zero-order chi connectivity index (χ0) is 14.5. The highest BCUT2D eigenvalue weighted by molar-refractivity contribution is 6.31. The lowest BCUT2D eigenvalue weighted by molar-refractivity contribution is 0.317. The van der Waals surface area contributed by atoms with E-state index in [1.165, 1.54) is 12.1 Å². The quantitative estimate of drug-likeness (QED) is 0.891. The van der Waals surface area contributed by atoms with Gasteiger partial charge in [0, 0.05) is 5.02 Å². The van der Waals surface area contributed by atoms with Crippen LogP contribution in [0, 0.1) is 5.82 Å². The van der Waals surface area contributed by atoms with Crippen LogP contribution < -0.4 is 10.5 Å². The second-order valence-corrected chi connectivity index (χ2v) is 4.97. The minimum Gasteiger partial charge on any atom is -0.494 e. The molecule has 2 aromatic rings. The number of rotatable bonds is 5. The number of hydrogen-bond donors (Lipinski definition) is 1. The first-order valence-electron chi connectivity index (χ1n) is 6.55. The molecule has 2 rings (SSSR count). The summed E-state index contributed by atoms with van der Waals surface area (Å²) in [7, 11) is 0. The lowest BCUT2D eigenvalue weighted by Crippen LogP contribution is -2.12. The van der Waals surface area contributed by atoms with Crippen molar-refractivity contribution in [3.63, 3.8) is 0 Å². The molecule has 2 N–H and O–H groups in total. The highest BCUT2D eigenvalue weighted by Gasteiger charge is 2.13. The van der Waals surface area contributed by atoms with Gasteiger partial charge >= 0.3 is 0 Å². The Bertz CT molecular complexity index is 571. The third-order valence-electron chi connectivity index (χ3n) is 3.01. The molecular weight excluding hydrogens is 277 g/mol. The van der Waals surface area contributed by atoms with Crippen molar-refractivity contribution >= 4 is 11.6 Å². The zero-order valence-electron chi connectivity index (χ0n) is 11.3. The number of nitrogens with two attached hydrogens (primary N) is 1. The number of hydrogen-bond acceptors (Lipinski definition) is 2. The normalized spacial score (nSPS) is 12.2. The summed E-state index contributed by atoms with van der Waals surface area (Å²) < 4.78 is 18.6. The summed E-state index contributed by atoms with van der Waals surface area (Å²) in [5.74, 6) is 0.447. The predicted molar refractivity (Wildman–Crippen MR) is 79.7 cm³/mol. The monoisotopic (exact) mass is 293 g/mol. The van der Waals surface area contributed by atoms with Crippen molar-refractivity contribution in [2.45, 2.75) is 19.4 Å². The van der Waals surface area contributed by atoms with Gasteiger partial charge in [0.25, 0.3) is 0 Å². The summed E-state index contributed by atoms with van der Waals surface area (Å²) in [5, 5.41) is 0.337. The van der Waals surface area contributed by atoms with Gasteiger partial charge in [-0.15, -0.1) is 0 Å². The van der Waals surface area contributed by atoms with E-state index < -0.39 is 0 Å². The van der Waals surface area contributed by atoms with Crippen molar-refractivity contribution in [1.82, 2.24) is 0 Å². The Balaban J connectivity index is 2.18. The van der Waals surface area contributed by atoms with E-state index >= 15 is 0 Å². The van der Waals surface area contributed by atoms with E-state index in [-0.39, 0.29) is 11.9 Å². The van der Waals surface area contributed by atoms with Crippen LogP contribution in [0.5, 0.6) is 5.75 Å². The molecular formula is C16H17ClFNO. The fourth-order valence-corrected chi connectivity index (χ4v) is 2.21. The van der Waals surface area contributed by atoms with Crippen molar-refractivity contribution in [1.29, 1.82) is 0 Å². The Morgan fingerprint density at radius 1 is 1.20 bits per heavy atom. The van der Waals surface area contributed by atoms with Gasteiger partial charge in [0.05, 0.1) is 12.6 Å². The summed E-state index contributed by atoms with van der Waals surface area (Å²) >= 11 is 6.03. The molecule has 0 saturated carbocycles. The third-order valence-corrected chi connectivity index (χ3v) is 3.34. The molecule has 2 aromatic carbocycles. The van der Waals surface area contributed by atoms with Gasteiger partial charge in [0.1, 0.15) is 11.6 Å². The summed E-state index contributed by atoms with van der Waals surface area (Å²) in [6.07, 6.45) is 0.965. The highest BCUT2D eigenvalue weighted by atomic mass is 35.5. The smallest absolute Gasteiger partial charge is 0.124 e. The second kappa shape index (κ2) is 6.73. The van der Waals surface area contributed by atoms with E-state index in [9.17, 15) is 4.39 Å². The van der Waals surface area contributed by atoms with E-state index in [0.717, 1.165) is 17.7 Å². The van der Waals surface area contributed by atoms with Crippen molar-refractivity contribution < 1.29 is 9.13 Å². The van der Waals surface area contributed by atoms with Gasteiger partial charge in [-0.3, -0.25) is 0 Å². The molecule has 0 fully saturated rings. The summed E-state index contributed by atoms with van der Waals surface area (Å²) in [6.45, 7) is 2.75. The number of benzene rings is 2. The zero-order valence-corrected chi connectivity index (χ0v) is 12.0. The maximum Gasteiger partial charge on any atom is 0.124 e. The van der Waals surface area contributed by atoms with Crippen molar-refractivity contribution in [2.24, 2.45) is 5.73 Å². The average molecular weight is 294 g/mol. The van der Waals surface area contributed by atoms with Crippen LogP contribution >= 0.6 is 11.6 Å². The Labute approximate surface area is 123 Å². The van der Waals surface area contributed by atoms with Crippen LogP contribution in [0.3, 0.4) is 0 Å². The molecule has 2 nitrogen and oxygen atoms in total. The lowest BCUT2D eigenvalue weighted by atomic mass is 9.99. The predicted octanol–water partition coefficient (Wildman–Crippen LogP) is 4.32. The minimum atomic E-state index is -0.386. The molecule has 0 amide bonds. The van der Waals surface area contributed by atoms with Gasteiger partial charge in [-0.05, 0) is 41.8 Å². The summed E-state index contributed by atoms with van der Waals surface area (Å²) in [5.41, 5.74) is 7.78. The van der Waals surface area contributed by atoms with E-state index in [0.29, 0.717) is 17.2 Å². The van der Waals surface area contributed by atoms with Gasteiger partial charge < -0.3 is 10.5 Å². The van der Waals surface area contributed by atoms with Crippen LogP contribution in [-0.2, 0) is 0 Å². The van der Waals surface area contributed by atoms with Crippen LogP contribution in [0.2, 0.25) is 5.02 Å². The van der Waals surface area contributed by atoms with E-state index in [2.05, 4.69) is 6.92 Å². The summed E-state index contributed by atoms with van der Waals surface area (Å²) in [4.78, 5) is 0. The molecule has 0 radical (unpaired) electrons. The molecule has 1 atom stereocenters. The van der Waals surface area contributed by atoms with Gasteiger partial charge in [0.15, 0.2) is 0 Å². The highest BCUT2D eigenvalue weighted by Crippen LogP contribution is 2.28. The molecule has 4 heteroatoms. The van der Waals surface area contributed by atoms with Crippen molar-refractivity contribution in [3.8, 4) is 5.75 Å². The van der Waals surface area contributed by atoms with Gasteiger partial charge in [-0.2, -0.15) is 0 Å². The Morgan fingerprint density at radius 3 is 2.50 bits per heavy atom. The molecule has 0 aromatic heterocycles. The van der Waals surface area contributed by atoms with E-state index in [1.54, 1.807) is 6.07 Å². The Hall–Kier alpha value is -1.58. The Morgan fingerprint density at radius 2 is 1.90 bits per heavy atom. The van der Waals surface area contributed by atoms with Crippen LogP contribution in [-0.4, -0.2) is 6.61 Å². The number of halogens is 2. The molecule has 0 bridgehead atoms. The minimum absolute atomic E-state index is 0.337. The number of ether oxygens (including phenoxy) is 1. The Kier molecular flexibility index (Phi) is 4.99. The molecule has 0 heterocycles. The first kappa shape index (κ1) is 14.8. The van der Waals surface area contributed by atoms with Gasteiger partial charge in [-0.1, -0.05) is 36.7 Å². The maximum atomic E-state index is 13.0. The first-order valence-corrected chi connectivity index (χ1v) is 6.93. The molecule has 0 aliphatic heterocycles. The largest absolute Gasteiger partial charge is 0.494 e. The van der Waals surface area contributed by atoms with Crippen LogP contribution in [0.15, 0.2) is 42.5 Å². The molecule has 0 spiro atoms. The summed E-state index contributed by atoms with van der Waals surface area (Å²) in [6, 6.07) is 11.4. The van der Waals surface area contributed by atoms with Crippen LogP contribution in [0.4, 0.5) is 4.39 Å².